The lowest BCUT2D eigenvalue weighted by Gasteiger charge is -2.04. The first-order valence-electron chi connectivity index (χ1n) is 10.7. The first-order chi connectivity index (χ1) is 16.2. The monoisotopic (exact) mass is 474 g/mol. The van der Waals surface area contributed by atoms with Crippen LogP contribution >= 0.6 is 23.1 Å². The van der Waals surface area contributed by atoms with Gasteiger partial charge >= 0.3 is 0 Å². The number of furan rings is 1. The fourth-order valence-electron chi connectivity index (χ4n) is 3.25. The zero-order chi connectivity index (χ0) is 23.0. The molecular formula is C25H22N4O2S2. The van der Waals surface area contributed by atoms with Crippen LogP contribution < -0.4 is 5.32 Å². The Balaban J connectivity index is 1.43. The number of hydrogen-bond acceptors (Lipinski definition) is 7. The number of aromatic nitrogens is 2. The molecule has 0 aliphatic heterocycles. The van der Waals surface area contributed by atoms with Crippen molar-refractivity contribution in [2.75, 3.05) is 5.32 Å². The third-order valence-electron chi connectivity index (χ3n) is 4.90. The number of unbranched alkanes of at least 4 members (excludes halogenated alkanes) is 2. The maximum Gasteiger partial charge on any atom is 0.268 e. The Bertz CT molecular complexity index is 1330. The van der Waals surface area contributed by atoms with Gasteiger partial charge in [0.1, 0.15) is 22.4 Å². The average molecular weight is 475 g/mol. The number of benzene rings is 2. The average Bonchev–Trinajstić information content (AvgIpc) is 3.47. The Labute approximate surface area is 200 Å². The number of nitrogens with one attached hydrogen (secondary N) is 1. The molecule has 1 N–H and O–H groups in total. The second-order valence-corrected chi connectivity index (χ2v) is 9.43. The number of anilines is 1. The lowest BCUT2D eigenvalue weighted by molar-refractivity contribution is -0.112. The predicted molar refractivity (Wildman–Crippen MR) is 132 cm³/mol. The van der Waals surface area contributed by atoms with E-state index < -0.39 is 5.91 Å². The number of amides is 1. The lowest BCUT2D eigenvalue weighted by atomic mass is 10.1. The standard InChI is InChI=1S/C25H22N4O2S2/c1-2-3-4-12-22-28-29-25(33-22)27-24(30)18(16-26)15-19-13-14-23(31-19)32-21-11-7-9-17-8-5-6-10-20(17)21/h5-11,13-15H,2-4,12H2,1H3,(H,27,29,30)/b18-15-. The molecule has 0 saturated heterocycles. The largest absolute Gasteiger partial charge is 0.450 e. The molecule has 2 heterocycles. The minimum absolute atomic E-state index is 0.0613. The summed E-state index contributed by atoms with van der Waals surface area (Å²) in [4.78, 5) is 13.6. The minimum atomic E-state index is -0.534. The summed E-state index contributed by atoms with van der Waals surface area (Å²) in [5.74, 6) is -0.102. The molecule has 0 unspecified atom stereocenters. The maximum absolute atomic E-state index is 12.6. The molecule has 1 amide bonds. The predicted octanol–water partition coefficient (Wildman–Crippen LogP) is 6.71. The van der Waals surface area contributed by atoms with E-state index in [1.54, 1.807) is 6.07 Å². The van der Waals surface area contributed by atoms with Crippen molar-refractivity contribution >= 4 is 51.0 Å². The molecule has 0 aliphatic carbocycles. The third-order valence-corrected chi connectivity index (χ3v) is 6.79. The van der Waals surface area contributed by atoms with E-state index in [9.17, 15) is 10.1 Å². The Morgan fingerprint density at radius 1 is 1.15 bits per heavy atom. The molecule has 0 fully saturated rings. The number of nitrogens with zero attached hydrogens (tertiary/aromatic N) is 3. The number of aryl methyl sites for hydroxylation is 1. The molecule has 2 aromatic carbocycles. The highest BCUT2D eigenvalue weighted by Gasteiger charge is 2.14. The highest BCUT2D eigenvalue weighted by molar-refractivity contribution is 7.99. The zero-order valence-electron chi connectivity index (χ0n) is 18.1. The van der Waals surface area contributed by atoms with E-state index in [1.165, 1.54) is 29.2 Å². The Morgan fingerprint density at radius 2 is 2.00 bits per heavy atom. The lowest BCUT2D eigenvalue weighted by Crippen LogP contribution is -2.13. The molecule has 0 bridgehead atoms. The topological polar surface area (TPSA) is 91.8 Å². The summed E-state index contributed by atoms with van der Waals surface area (Å²) in [6, 6.07) is 19.8. The smallest absolute Gasteiger partial charge is 0.268 e. The van der Waals surface area contributed by atoms with Gasteiger partial charge in [-0.05, 0) is 35.4 Å². The van der Waals surface area contributed by atoms with Gasteiger partial charge in [-0.1, -0.05) is 79.3 Å². The van der Waals surface area contributed by atoms with Crippen LogP contribution in [0.2, 0.25) is 0 Å². The van der Waals surface area contributed by atoms with Crippen molar-refractivity contribution < 1.29 is 9.21 Å². The van der Waals surface area contributed by atoms with Crippen LogP contribution in [0.3, 0.4) is 0 Å². The van der Waals surface area contributed by atoms with E-state index in [-0.39, 0.29) is 5.57 Å². The number of nitriles is 1. The number of carbonyl (C=O) groups is 1. The summed E-state index contributed by atoms with van der Waals surface area (Å²) in [5, 5.41) is 24.5. The molecule has 4 aromatic rings. The van der Waals surface area contributed by atoms with Crippen molar-refractivity contribution in [1.29, 1.82) is 5.26 Å². The second-order valence-electron chi connectivity index (χ2n) is 7.32. The summed E-state index contributed by atoms with van der Waals surface area (Å²) in [6.45, 7) is 2.14. The summed E-state index contributed by atoms with van der Waals surface area (Å²) >= 11 is 2.83. The molecule has 0 saturated carbocycles. The van der Waals surface area contributed by atoms with Crippen LogP contribution in [0.1, 0.15) is 37.0 Å². The summed E-state index contributed by atoms with van der Waals surface area (Å²) in [5.41, 5.74) is -0.0613. The number of carbonyl (C=O) groups excluding carboxylic acids is 1. The van der Waals surface area contributed by atoms with Crippen molar-refractivity contribution in [2.45, 2.75) is 42.6 Å². The Morgan fingerprint density at radius 3 is 2.85 bits per heavy atom. The van der Waals surface area contributed by atoms with Crippen molar-refractivity contribution in [2.24, 2.45) is 0 Å². The van der Waals surface area contributed by atoms with E-state index in [0.717, 1.165) is 46.4 Å². The van der Waals surface area contributed by atoms with Crippen molar-refractivity contribution in [1.82, 2.24) is 10.2 Å². The molecule has 0 atom stereocenters. The quantitative estimate of drug-likeness (QED) is 0.165. The maximum atomic E-state index is 12.6. The highest BCUT2D eigenvalue weighted by atomic mass is 32.2. The molecule has 6 nitrogen and oxygen atoms in total. The van der Waals surface area contributed by atoms with Gasteiger partial charge in [-0.2, -0.15) is 5.26 Å². The van der Waals surface area contributed by atoms with Crippen LogP contribution in [-0.4, -0.2) is 16.1 Å². The van der Waals surface area contributed by atoms with Gasteiger partial charge in [0, 0.05) is 17.4 Å². The van der Waals surface area contributed by atoms with Crippen molar-refractivity contribution in [3.05, 3.63) is 70.9 Å². The van der Waals surface area contributed by atoms with E-state index in [2.05, 4.69) is 40.6 Å². The number of hydrogen-bond donors (Lipinski definition) is 1. The van der Waals surface area contributed by atoms with Gasteiger partial charge < -0.3 is 4.42 Å². The SMILES string of the molecule is CCCCCc1nnc(NC(=O)/C(C#N)=C\c2ccc(Sc3cccc4ccccc34)o2)s1. The van der Waals surface area contributed by atoms with Crippen molar-refractivity contribution in [3.8, 4) is 6.07 Å². The fraction of sp³-hybridized carbons (Fsp3) is 0.200. The summed E-state index contributed by atoms with van der Waals surface area (Å²) < 4.78 is 5.86. The minimum Gasteiger partial charge on any atom is -0.450 e. The molecule has 8 heteroatoms. The highest BCUT2D eigenvalue weighted by Crippen LogP contribution is 2.34. The normalized spacial score (nSPS) is 11.5. The molecule has 166 valence electrons. The molecule has 0 radical (unpaired) electrons. The number of fused-ring (bicyclic) bond motifs is 1. The van der Waals surface area contributed by atoms with Gasteiger partial charge in [-0.15, -0.1) is 10.2 Å². The van der Waals surface area contributed by atoms with E-state index in [4.69, 9.17) is 4.42 Å². The van der Waals surface area contributed by atoms with Gasteiger partial charge in [0.05, 0.1) is 0 Å². The molecular weight excluding hydrogens is 452 g/mol. The molecule has 0 spiro atoms. The van der Waals surface area contributed by atoms with Crippen molar-refractivity contribution in [3.63, 3.8) is 0 Å². The van der Waals surface area contributed by atoms with Gasteiger partial charge in [0.25, 0.3) is 5.91 Å². The van der Waals surface area contributed by atoms with Gasteiger partial charge in [-0.3, -0.25) is 10.1 Å². The molecule has 33 heavy (non-hydrogen) atoms. The van der Waals surface area contributed by atoms with Crippen LogP contribution in [0.4, 0.5) is 5.13 Å². The first kappa shape index (κ1) is 22.8. The summed E-state index contributed by atoms with van der Waals surface area (Å²) in [6.07, 6.45) is 5.58. The molecule has 0 aliphatic rings. The Kier molecular flexibility index (Phi) is 7.55. The number of rotatable bonds is 9. The van der Waals surface area contributed by atoms with E-state index in [0.29, 0.717) is 16.0 Å². The van der Waals surface area contributed by atoms with Gasteiger partial charge in [-0.25, -0.2) is 0 Å². The van der Waals surface area contributed by atoms with Gasteiger partial charge in [0.15, 0.2) is 5.09 Å². The zero-order valence-corrected chi connectivity index (χ0v) is 19.7. The molecule has 2 aromatic heterocycles. The molecule has 4 rings (SSSR count). The Hall–Kier alpha value is -3.41. The van der Waals surface area contributed by atoms with E-state index >= 15 is 0 Å². The van der Waals surface area contributed by atoms with Crippen LogP contribution in [0.25, 0.3) is 16.8 Å². The van der Waals surface area contributed by atoms with E-state index in [1.807, 2.05) is 36.4 Å². The van der Waals surface area contributed by atoms with Crippen LogP contribution in [0.5, 0.6) is 0 Å². The summed E-state index contributed by atoms with van der Waals surface area (Å²) in [7, 11) is 0. The van der Waals surface area contributed by atoms with Crippen LogP contribution in [-0.2, 0) is 11.2 Å². The second kappa shape index (κ2) is 10.9. The van der Waals surface area contributed by atoms with Gasteiger partial charge in [0.2, 0.25) is 5.13 Å². The van der Waals surface area contributed by atoms with Crippen LogP contribution in [0.15, 0.2) is 74.6 Å². The first-order valence-corrected chi connectivity index (χ1v) is 12.3. The van der Waals surface area contributed by atoms with Crippen LogP contribution in [0, 0.1) is 11.3 Å². The fourth-order valence-corrected chi connectivity index (χ4v) is 4.96. The third kappa shape index (κ3) is 5.89.